The van der Waals surface area contributed by atoms with Gasteiger partial charge in [-0.15, -0.1) is 0 Å². The minimum Gasteiger partial charge on any atom is -0.481 e. The predicted octanol–water partition coefficient (Wildman–Crippen LogP) is 3.33. The monoisotopic (exact) mass is 294 g/mol. The minimum absolute atomic E-state index is 0.0699. The molecule has 0 bridgehead atoms. The Balaban J connectivity index is 2.08. The molecule has 4 nitrogen and oxygen atoms in total. The number of carboxylic acid groups (broad SMARTS) is 1. The van der Waals surface area contributed by atoms with Crippen molar-refractivity contribution in [2.75, 3.05) is 0 Å². The third kappa shape index (κ3) is 2.86. The van der Waals surface area contributed by atoms with Crippen LogP contribution in [0.25, 0.3) is 11.0 Å². The molecule has 1 aromatic heterocycles. The molecule has 0 aliphatic rings. The summed E-state index contributed by atoms with van der Waals surface area (Å²) in [6, 6.07) is 14.3. The van der Waals surface area contributed by atoms with Gasteiger partial charge in [-0.1, -0.05) is 35.9 Å². The Morgan fingerprint density at radius 1 is 1.09 bits per heavy atom. The van der Waals surface area contributed by atoms with Crippen LogP contribution in [0.1, 0.15) is 22.5 Å². The van der Waals surface area contributed by atoms with Gasteiger partial charge >= 0.3 is 5.97 Å². The summed E-state index contributed by atoms with van der Waals surface area (Å²) in [5.41, 5.74) is 5.29. The van der Waals surface area contributed by atoms with Gasteiger partial charge in [-0.05, 0) is 37.1 Å². The van der Waals surface area contributed by atoms with E-state index in [-0.39, 0.29) is 6.42 Å². The van der Waals surface area contributed by atoms with Gasteiger partial charge in [0.15, 0.2) is 0 Å². The van der Waals surface area contributed by atoms with Gasteiger partial charge in [-0.2, -0.15) is 0 Å². The van der Waals surface area contributed by atoms with E-state index >= 15 is 0 Å². The number of imidazole rings is 1. The number of aryl methyl sites for hydroxylation is 2. The lowest BCUT2D eigenvalue weighted by Crippen LogP contribution is -2.10. The lowest BCUT2D eigenvalue weighted by atomic mass is 10.1. The molecule has 2 aromatic carbocycles. The lowest BCUT2D eigenvalue weighted by Gasteiger charge is -2.09. The van der Waals surface area contributed by atoms with Crippen molar-refractivity contribution in [3.63, 3.8) is 0 Å². The second-order valence-electron chi connectivity index (χ2n) is 5.66. The van der Waals surface area contributed by atoms with Crippen LogP contribution in [0.5, 0.6) is 0 Å². The summed E-state index contributed by atoms with van der Waals surface area (Å²) in [7, 11) is 0. The molecule has 22 heavy (non-hydrogen) atoms. The van der Waals surface area contributed by atoms with Gasteiger partial charge in [0.05, 0.1) is 11.0 Å². The van der Waals surface area contributed by atoms with Crippen LogP contribution in [0.4, 0.5) is 0 Å². The van der Waals surface area contributed by atoms with Crippen LogP contribution < -0.4 is 0 Å². The Bertz CT molecular complexity index is 832. The van der Waals surface area contributed by atoms with Crippen molar-refractivity contribution in [3.05, 3.63) is 65.0 Å². The number of carboxylic acids is 1. The molecule has 0 atom stereocenters. The van der Waals surface area contributed by atoms with Crippen LogP contribution in [0.15, 0.2) is 42.5 Å². The molecule has 0 unspecified atom stereocenters. The quantitative estimate of drug-likeness (QED) is 0.803. The molecule has 3 rings (SSSR count). The van der Waals surface area contributed by atoms with Gasteiger partial charge in [0.1, 0.15) is 12.2 Å². The van der Waals surface area contributed by atoms with Gasteiger partial charge in [0, 0.05) is 6.54 Å². The van der Waals surface area contributed by atoms with E-state index < -0.39 is 5.97 Å². The van der Waals surface area contributed by atoms with Crippen LogP contribution in [-0.4, -0.2) is 20.6 Å². The standard InChI is InChI=1S/C18H18N2O2/c1-12-3-6-14(7-4-12)11-20-16-8-5-13(2)9-15(16)19-17(20)10-18(21)22/h3-9H,10-11H2,1-2H3,(H,21,22). The molecule has 0 saturated heterocycles. The first-order chi connectivity index (χ1) is 10.5. The summed E-state index contributed by atoms with van der Waals surface area (Å²) in [4.78, 5) is 15.6. The smallest absolute Gasteiger partial charge is 0.311 e. The Hall–Kier alpha value is -2.62. The summed E-state index contributed by atoms with van der Waals surface area (Å²) < 4.78 is 1.99. The fraction of sp³-hybridized carbons (Fsp3) is 0.222. The number of benzene rings is 2. The molecule has 0 spiro atoms. The van der Waals surface area contributed by atoms with Crippen molar-refractivity contribution in [2.24, 2.45) is 0 Å². The van der Waals surface area contributed by atoms with Gasteiger partial charge in [-0.25, -0.2) is 4.98 Å². The lowest BCUT2D eigenvalue weighted by molar-refractivity contribution is -0.136. The summed E-state index contributed by atoms with van der Waals surface area (Å²) in [6.07, 6.45) is -0.0699. The highest BCUT2D eigenvalue weighted by Crippen LogP contribution is 2.20. The first-order valence-electron chi connectivity index (χ1n) is 7.26. The molecule has 1 N–H and O–H groups in total. The fourth-order valence-corrected chi connectivity index (χ4v) is 2.61. The maximum atomic E-state index is 11.1. The maximum absolute atomic E-state index is 11.1. The molecule has 0 amide bonds. The molecule has 0 aliphatic carbocycles. The first-order valence-corrected chi connectivity index (χ1v) is 7.26. The average molecular weight is 294 g/mol. The molecule has 1 heterocycles. The zero-order chi connectivity index (χ0) is 15.7. The van der Waals surface area contributed by atoms with Gasteiger partial charge in [0.2, 0.25) is 0 Å². The van der Waals surface area contributed by atoms with Crippen LogP contribution >= 0.6 is 0 Å². The first kappa shape index (κ1) is 14.3. The van der Waals surface area contributed by atoms with Crippen LogP contribution in [-0.2, 0) is 17.8 Å². The Morgan fingerprint density at radius 3 is 2.45 bits per heavy atom. The van der Waals surface area contributed by atoms with Crippen molar-refractivity contribution in [1.82, 2.24) is 9.55 Å². The van der Waals surface area contributed by atoms with Gasteiger partial charge < -0.3 is 9.67 Å². The second kappa shape index (κ2) is 5.64. The SMILES string of the molecule is Cc1ccc(Cn2c(CC(=O)O)nc3cc(C)ccc32)cc1. The van der Waals surface area contributed by atoms with E-state index in [9.17, 15) is 4.79 Å². The second-order valence-corrected chi connectivity index (χ2v) is 5.66. The van der Waals surface area contributed by atoms with Crippen LogP contribution in [0.3, 0.4) is 0 Å². The third-order valence-electron chi connectivity index (χ3n) is 3.75. The Kier molecular flexibility index (Phi) is 3.67. The van der Waals surface area contributed by atoms with E-state index in [0.717, 1.165) is 22.2 Å². The number of nitrogens with zero attached hydrogens (tertiary/aromatic N) is 2. The van der Waals surface area contributed by atoms with E-state index in [1.165, 1.54) is 5.56 Å². The molecular weight excluding hydrogens is 276 g/mol. The van der Waals surface area contributed by atoms with E-state index in [2.05, 4.69) is 36.2 Å². The van der Waals surface area contributed by atoms with E-state index in [0.29, 0.717) is 12.4 Å². The number of hydrogen-bond donors (Lipinski definition) is 1. The minimum atomic E-state index is -0.864. The fourth-order valence-electron chi connectivity index (χ4n) is 2.61. The largest absolute Gasteiger partial charge is 0.481 e. The third-order valence-corrected chi connectivity index (χ3v) is 3.75. The maximum Gasteiger partial charge on any atom is 0.311 e. The molecular formula is C18H18N2O2. The predicted molar refractivity (Wildman–Crippen MR) is 86.1 cm³/mol. The normalized spacial score (nSPS) is 11.0. The van der Waals surface area contributed by atoms with E-state index in [4.69, 9.17) is 5.11 Å². The van der Waals surface area contributed by atoms with Gasteiger partial charge in [0.25, 0.3) is 0 Å². The Labute approximate surface area is 129 Å². The number of aliphatic carboxylic acids is 1. The van der Waals surface area contributed by atoms with Crippen molar-refractivity contribution in [1.29, 1.82) is 0 Å². The molecule has 0 saturated carbocycles. The zero-order valence-corrected chi connectivity index (χ0v) is 12.7. The molecule has 0 fully saturated rings. The number of fused-ring (bicyclic) bond motifs is 1. The molecule has 0 radical (unpaired) electrons. The van der Waals surface area contributed by atoms with Crippen LogP contribution in [0, 0.1) is 13.8 Å². The molecule has 0 aliphatic heterocycles. The number of hydrogen-bond acceptors (Lipinski definition) is 2. The van der Waals surface area contributed by atoms with Crippen molar-refractivity contribution < 1.29 is 9.90 Å². The highest BCUT2D eigenvalue weighted by atomic mass is 16.4. The molecule has 112 valence electrons. The number of rotatable bonds is 4. The van der Waals surface area contributed by atoms with Crippen molar-refractivity contribution >= 4 is 17.0 Å². The van der Waals surface area contributed by atoms with Crippen molar-refractivity contribution in [3.8, 4) is 0 Å². The highest BCUT2D eigenvalue weighted by molar-refractivity contribution is 5.79. The average Bonchev–Trinajstić information content (AvgIpc) is 2.77. The zero-order valence-electron chi connectivity index (χ0n) is 12.7. The highest BCUT2D eigenvalue weighted by Gasteiger charge is 2.14. The van der Waals surface area contributed by atoms with E-state index in [1.807, 2.05) is 29.7 Å². The summed E-state index contributed by atoms with van der Waals surface area (Å²) >= 11 is 0. The van der Waals surface area contributed by atoms with Crippen molar-refractivity contribution in [2.45, 2.75) is 26.8 Å². The number of aromatic nitrogens is 2. The molecule has 4 heteroatoms. The Morgan fingerprint density at radius 2 is 1.77 bits per heavy atom. The number of carbonyl (C=O) groups is 1. The van der Waals surface area contributed by atoms with Gasteiger partial charge in [-0.3, -0.25) is 4.79 Å². The summed E-state index contributed by atoms with van der Waals surface area (Å²) in [5, 5.41) is 9.12. The summed E-state index contributed by atoms with van der Waals surface area (Å²) in [5.74, 6) is -0.272. The van der Waals surface area contributed by atoms with Crippen LogP contribution in [0.2, 0.25) is 0 Å². The topological polar surface area (TPSA) is 55.1 Å². The summed E-state index contributed by atoms with van der Waals surface area (Å²) in [6.45, 7) is 4.69. The van der Waals surface area contributed by atoms with E-state index in [1.54, 1.807) is 0 Å². The molecule has 3 aromatic rings.